The Balaban J connectivity index is 1.98. The summed E-state index contributed by atoms with van der Waals surface area (Å²) in [6, 6.07) is 2.39. The van der Waals surface area contributed by atoms with E-state index in [-0.39, 0.29) is 0 Å². The highest BCUT2D eigenvalue weighted by atomic mass is 15.3. The normalized spacial score (nSPS) is 33.5. The molecule has 0 aromatic carbocycles. The van der Waals surface area contributed by atoms with Gasteiger partial charge in [0.1, 0.15) is 0 Å². The predicted molar refractivity (Wildman–Crippen MR) is 78.9 cm³/mol. The minimum atomic E-state index is 0.722. The topological polar surface area (TPSA) is 15.3 Å². The van der Waals surface area contributed by atoms with Gasteiger partial charge in [0, 0.05) is 31.2 Å². The number of nitrogens with zero attached hydrogens (tertiary/aromatic N) is 1. The summed E-state index contributed by atoms with van der Waals surface area (Å²) < 4.78 is 0. The van der Waals surface area contributed by atoms with E-state index in [0.717, 1.165) is 24.0 Å². The zero-order valence-electron chi connectivity index (χ0n) is 12.6. The number of piperazine rings is 1. The van der Waals surface area contributed by atoms with Crippen molar-refractivity contribution in [2.75, 3.05) is 13.1 Å². The van der Waals surface area contributed by atoms with Crippen molar-refractivity contribution in [3.8, 4) is 0 Å². The highest BCUT2D eigenvalue weighted by molar-refractivity contribution is 4.91. The molecule has 1 aliphatic carbocycles. The Bertz CT molecular complexity index is 235. The van der Waals surface area contributed by atoms with Gasteiger partial charge in [0.2, 0.25) is 0 Å². The minimum absolute atomic E-state index is 0.722. The van der Waals surface area contributed by atoms with Gasteiger partial charge in [0.15, 0.2) is 0 Å². The zero-order chi connectivity index (χ0) is 13.0. The second kappa shape index (κ2) is 6.91. The molecule has 3 unspecified atom stereocenters. The Kier molecular flexibility index (Phi) is 5.50. The van der Waals surface area contributed by atoms with Gasteiger partial charge in [-0.1, -0.05) is 46.5 Å². The van der Waals surface area contributed by atoms with Crippen molar-refractivity contribution in [3.05, 3.63) is 0 Å². The molecular formula is C16H32N2. The van der Waals surface area contributed by atoms with Gasteiger partial charge in [-0.05, 0) is 25.2 Å². The molecule has 2 fully saturated rings. The fourth-order valence-corrected chi connectivity index (χ4v) is 3.75. The third kappa shape index (κ3) is 3.27. The first-order chi connectivity index (χ1) is 8.76. The maximum atomic E-state index is 3.80. The van der Waals surface area contributed by atoms with E-state index in [1.54, 1.807) is 0 Å². The van der Waals surface area contributed by atoms with E-state index in [1.165, 1.54) is 58.0 Å². The fourth-order valence-electron chi connectivity index (χ4n) is 3.75. The molecule has 0 amide bonds. The Morgan fingerprint density at radius 2 is 1.89 bits per heavy atom. The van der Waals surface area contributed by atoms with E-state index in [1.807, 2.05) is 0 Å². The molecule has 1 saturated carbocycles. The molecule has 0 spiro atoms. The molecule has 1 N–H and O–H groups in total. The maximum Gasteiger partial charge on any atom is 0.0221 e. The van der Waals surface area contributed by atoms with Crippen LogP contribution in [0.15, 0.2) is 0 Å². The lowest BCUT2D eigenvalue weighted by atomic mass is 9.89. The Morgan fingerprint density at radius 3 is 2.50 bits per heavy atom. The molecule has 3 atom stereocenters. The van der Waals surface area contributed by atoms with Crippen LogP contribution in [-0.4, -0.2) is 36.1 Å². The van der Waals surface area contributed by atoms with Gasteiger partial charge in [0.25, 0.3) is 0 Å². The van der Waals surface area contributed by atoms with E-state index in [2.05, 4.69) is 31.0 Å². The summed E-state index contributed by atoms with van der Waals surface area (Å²) >= 11 is 0. The molecule has 18 heavy (non-hydrogen) atoms. The van der Waals surface area contributed by atoms with Crippen molar-refractivity contribution in [2.45, 2.75) is 83.8 Å². The smallest absolute Gasteiger partial charge is 0.0221 e. The molecule has 1 heterocycles. The summed E-state index contributed by atoms with van der Waals surface area (Å²) in [6.07, 6.45) is 9.88. The van der Waals surface area contributed by atoms with Gasteiger partial charge in [0.05, 0.1) is 0 Å². The monoisotopic (exact) mass is 252 g/mol. The summed E-state index contributed by atoms with van der Waals surface area (Å²) in [5.74, 6) is 0.814. The zero-order valence-corrected chi connectivity index (χ0v) is 12.6. The van der Waals surface area contributed by atoms with Gasteiger partial charge in [-0.3, -0.25) is 4.90 Å². The standard InChI is InChI=1S/C16H32N2/c1-4-13(3)16-12-18(14(5-2)11-17-16)15-9-7-6-8-10-15/h13-17H,4-12H2,1-3H3. The minimum Gasteiger partial charge on any atom is -0.311 e. The van der Waals surface area contributed by atoms with Gasteiger partial charge < -0.3 is 5.32 Å². The van der Waals surface area contributed by atoms with E-state index in [9.17, 15) is 0 Å². The second-order valence-corrected chi connectivity index (χ2v) is 6.45. The summed E-state index contributed by atoms with van der Waals surface area (Å²) in [7, 11) is 0. The summed E-state index contributed by atoms with van der Waals surface area (Å²) in [4.78, 5) is 2.87. The first-order valence-electron chi connectivity index (χ1n) is 8.25. The van der Waals surface area contributed by atoms with Gasteiger partial charge >= 0.3 is 0 Å². The molecule has 1 aliphatic heterocycles. The Hall–Kier alpha value is -0.0800. The molecule has 0 radical (unpaired) electrons. The van der Waals surface area contributed by atoms with Crippen molar-refractivity contribution in [1.82, 2.24) is 10.2 Å². The first kappa shape index (κ1) is 14.3. The third-order valence-corrected chi connectivity index (χ3v) is 5.34. The molecule has 0 bridgehead atoms. The average Bonchev–Trinajstić information content (AvgIpc) is 2.46. The summed E-state index contributed by atoms with van der Waals surface area (Å²) in [5.41, 5.74) is 0. The Labute approximate surface area is 114 Å². The SMILES string of the molecule is CCC(C)C1CN(C2CCCCC2)C(CC)CN1. The van der Waals surface area contributed by atoms with Crippen LogP contribution in [0.5, 0.6) is 0 Å². The number of rotatable bonds is 4. The van der Waals surface area contributed by atoms with Crippen LogP contribution in [0, 0.1) is 5.92 Å². The molecule has 2 heteroatoms. The van der Waals surface area contributed by atoms with Crippen LogP contribution >= 0.6 is 0 Å². The Morgan fingerprint density at radius 1 is 1.17 bits per heavy atom. The van der Waals surface area contributed by atoms with Gasteiger partial charge in [-0.15, -0.1) is 0 Å². The number of hydrogen-bond acceptors (Lipinski definition) is 2. The number of hydrogen-bond donors (Lipinski definition) is 1. The van der Waals surface area contributed by atoms with Crippen molar-refractivity contribution in [3.63, 3.8) is 0 Å². The van der Waals surface area contributed by atoms with E-state index < -0.39 is 0 Å². The lowest BCUT2D eigenvalue weighted by Crippen LogP contribution is -2.61. The summed E-state index contributed by atoms with van der Waals surface area (Å²) in [6.45, 7) is 9.58. The second-order valence-electron chi connectivity index (χ2n) is 6.45. The van der Waals surface area contributed by atoms with Crippen molar-refractivity contribution >= 4 is 0 Å². The van der Waals surface area contributed by atoms with Crippen LogP contribution in [-0.2, 0) is 0 Å². The highest BCUT2D eigenvalue weighted by Gasteiger charge is 2.33. The van der Waals surface area contributed by atoms with Crippen LogP contribution in [0.25, 0.3) is 0 Å². The number of nitrogens with one attached hydrogen (secondary N) is 1. The van der Waals surface area contributed by atoms with Crippen LogP contribution in [0.2, 0.25) is 0 Å². The van der Waals surface area contributed by atoms with Crippen molar-refractivity contribution in [2.24, 2.45) is 5.92 Å². The molecule has 0 aromatic rings. The third-order valence-electron chi connectivity index (χ3n) is 5.34. The molecule has 106 valence electrons. The van der Waals surface area contributed by atoms with Crippen LogP contribution < -0.4 is 5.32 Å². The van der Waals surface area contributed by atoms with Gasteiger partial charge in [-0.25, -0.2) is 0 Å². The van der Waals surface area contributed by atoms with Gasteiger partial charge in [-0.2, -0.15) is 0 Å². The van der Waals surface area contributed by atoms with Crippen LogP contribution in [0.3, 0.4) is 0 Å². The summed E-state index contributed by atoms with van der Waals surface area (Å²) in [5, 5.41) is 3.80. The lowest BCUT2D eigenvalue weighted by Gasteiger charge is -2.47. The van der Waals surface area contributed by atoms with Crippen molar-refractivity contribution < 1.29 is 0 Å². The van der Waals surface area contributed by atoms with E-state index in [4.69, 9.17) is 0 Å². The molecular weight excluding hydrogens is 220 g/mol. The van der Waals surface area contributed by atoms with E-state index >= 15 is 0 Å². The molecule has 2 aliphatic rings. The average molecular weight is 252 g/mol. The highest BCUT2D eigenvalue weighted by Crippen LogP contribution is 2.27. The molecule has 0 aromatic heterocycles. The fraction of sp³-hybridized carbons (Fsp3) is 1.00. The molecule has 2 nitrogen and oxygen atoms in total. The first-order valence-corrected chi connectivity index (χ1v) is 8.25. The quantitative estimate of drug-likeness (QED) is 0.825. The lowest BCUT2D eigenvalue weighted by molar-refractivity contribution is 0.0475. The molecule has 2 rings (SSSR count). The van der Waals surface area contributed by atoms with E-state index in [0.29, 0.717) is 0 Å². The largest absolute Gasteiger partial charge is 0.311 e. The molecule has 1 saturated heterocycles. The van der Waals surface area contributed by atoms with Crippen molar-refractivity contribution in [1.29, 1.82) is 0 Å². The van der Waals surface area contributed by atoms with Crippen LogP contribution in [0.4, 0.5) is 0 Å². The van der Waals surface area contributed by atoms with Crippen LogP contribution in [0.1, 0.15) is 65.7 Å². The maximum absolute atomic E-state index is 3.80. The predicted octanol–water partition coefficient (Wildman–Crippen LogP) is 3.42.